The van der Waals surface area contributed by atoms with Crippen LogP contribution in [-0.4, -0.2) is 13.0 Å². The first-order chi connectivity index (χ1) is 9.00. The average Bonchev–Trinajstić information content (AvgIpc) is 2.41. The van der Waals surface area contributed by atoms with Crippen molar-refractivity contribution in [1.29, 1.82) is 0 Å². The molecule has 2 aromatic rings. The normalized spacial score (nSPS) is 10.3. The second-order valence-corrected chi connectivity index (χ2v) is 4.05. The predicted octanol–water partition coefficient (Wildman–Crippen LogP) is 2.82. The van der Waals surface area contributed by atoms with Gasteiger partial charge in [0.05, 0.1) is 11.4 Å². The fourth-order valence-corrected chi connectivity index (χ4v) is 1.69. The Balaban J connectivity index is 2.34. The topological polar surface area (TPSA) is 46.3 Å². The zero-order chi connectivity index (χ0) is 14.0. The second-order valence-electron chi connectivity index (χ2n) is 4.05. The number of halogens is 2. The minimum atomic E-state index is -0.673. The number of nitrogens with zero attached hydrogens (tertiary/aromatic N) is 1. The molecule has 0 fully saturated rings. The van der Waals surface area contributed by atoms with Crippen molar-refractivity contribution in [3.63, 3.8) is 0 Å². The lowest BCUT2D eigenvalue weighted by molar-refractivity contribution is 0.0992. The quantitative estimate of drug-likeness (QED) is 0.846. The number of nitrogens with two attached hydrogens (primary N) is 1. The van der Waals surface area contributed by atoms with Crippen molar-refractivity contribution in [2.75, 3.05) is 17.7 Å². The highest BCUT2D eigenvalue weighted by molar-refractivity contribution is 6.05. The van der Waals surface area contributed by atoms with Gasteiger partial charge in [-0.05, 0) is 30.3 Å². The lowest BCUT2D eigenvalue weighted by Gasteiger charge is -2.18. The molecule has 0 bridgehead atoms. The maximum atomic E-state index is 13.6. The van der Waals surface area contributed by atoms with E-state index in [9.17, 15) is 13.6 Å². The molecule has 1 amide bonds. The molecular formula is C14H12F2N2O. The van der Waals surface area contributed by atoms with Gasteiger partial charge in [-0.15, -0.1) is 0 Å². The van der Waals surface area contributed by atoms with Crippen LogP contribution >= 0.6 is 0 Å². The van der Waals surface area contributed by atoms with E-state index in [-0.39, 0.29) is 16.9 Å². The molecule has 2 rings (SSSR count). The average molecular weight is 262 g/mol. The van der Waals surface area contributed by atoms with Crippen molar-refractivity contribution in [2.45, 2.75) is 0 Å². The molecule has 0 spiro atoms. The van der Waals surface area contributed by atoms with Gasteiger partial charge < -0.3 is 10.6 Å². The Labute approximate surface area is 109 Å². The minimum Gasteiger partial charge on any atom is -0.396 e. The predicted molar refractivity (Wildman–Crippen MR) is 69.9 cm³/mol. The van der Waals surface area contributed by atoms with Crippen molar-refractivity contribution in [1.82, 2.24) is 0 Å². The number of hydrogen-bond donors (Lipinski definition) is 1. The van der Waals surface area contributed by atoms with Gasteiger partial charge in [0.1, 0.15) is 11.6 Å². The number of rotatable bonds is 2. The maximum Gasteiger partial charge on any atom is 0.258 e. The molecule has 5 heteroatoms. The molecule has 0 unspecified atom stereocenters. The highest BCUT2D eigenvalue weighted by Crippen LogP contribution is 2.20. The van der Waals surface area contributed by atoms with Gasteiger partial charge in [0.25, 0.3) is 5.91 Å². The van der Waals surface area contributed by atoms with Crippen LogP contribution in [-0.2, 0) is 0 Å². The summed E-state index contributed by atoms with van der Waals surface area (Å²) in [6.07, 6.45) is 0. The van der Waals surface area contributed by atoms with E-state index in [0.717, 1.165) is 11.0 Å². The van der Waals surface area contributed by atoms with Crippen LogP contribution in [0.5, 0.6) is 0 Å². The molecule has 0 aliphatic carbocycles. The number of carbonyl (C=O) groups is 1. The van der Waals surface area contributed by atoms with E-state index in [2.05, 4.69) is 0 Å². The highest BCUT2D eigenvalue weighted by atomic mass is 19.1. The molecule has 0 radical (unpaired) electrons. The maximum absolute atomic E-state index is 13.6. The second kappa shape index (κ2) is 5.06. The number of amides is 1. The van der Waals surface area contributed by atoms with Crippen LogP contribution in [0.2, 0.25) is 0 Å². The van der Waals surface area contributed by atoms with Crippen molar-refractivity contribution >= 4 is 17.3 Å². The zero-order valence-electron chi connectivity index (χ0n) is 10.2. The molecule has 3 nitrogen and oxygen atoms in total. The van der Waals surface area contributed by atoms with Crippen molar-refractivity contribution in [3.8, 4) is 0 Å². The Kier molecular flexibility index (Phi) is 3.46. The molecule has 0 saturated heterocycles. The van der Waals surface area contributed by atoms with Gasteiger partial charge in [-0.3, -0.25) is 4.79 Å². The van der Waals surface area contributed by atoms with Crippen LogP contribution in [0.15, 0.2) is 42.5 Å². The fourth-order valence-electron chi connectivity index (χ4n) is 1.69. The zero-order valence-corrected chi connectivity index (χ0v) is 10.2. The third-order valence-electron chi connectivity index (χ3n) is 2.77. The third kappa shape index (κ3) is 2.54. The summed E-state index contributed by atoms with van der Waals surface area (Å²) in [5, 5.41) is 0. The Morgan fingerprint density at radius 3 is 2.42 bits per heavy atom. The molecule has 2 N–H and O–H groups in total. The Morgan fingerprint density at radius 2 is 1.79 bits per heavy atom. The monoisotopic (exact) mass is 262 g/mol. The summed E-state index contributed by atoms with van der Waals surface area (Å²) in [7, 11) is 1.43. The van der Waals surface area contributed by atoms with Gasteiger partial charge in [-0.25, -0.2) is 8.78 Å². The molecule has 0 saturated carbocycles. The van der Waals surface area contributed by atoms with Gasteiger partial charge >= 0.3 is 0 Å². The third-order valence-corrected chi connectivity index (χ3v) is 2.77. The largest absolute Gasteiger partial charge is 0.396 e. The van der Waals surface area contributed by atoms with Crippen molar-refractivity contribution < 1.29 is 13.6 Å². The molecular weight excluding hydrogens is 250 g/mol. The standard InChI is InChI=1S/C14H12F2N2O/c1-18(13-5-3-2-4-10(13)15)14(19)9-6-7-12(17)11(16)8-9/h2-8H,17H2,1H3. The molecule has 0 atom stereocenters. The van der Waals surface area contributed by atoms with Crippen molar-refractivity contribution in [3.05, 3.63) is 59.7 Å². The highest BCUT2D eigenvalue weighted by Gasteiger charge is 2.17. The van der Waals surface area contributed by atoms with E-state index >= 15 is 0 Å². The van der Waals surface area contributed by atoms with E-state index in [0.29, 0.717) is 0 Å². The van der Waals surface area contributed by atoms with Gasteiger partial charge in [0.15, 0.2) is 0 Å². The first-order valence-corrected chi connectivity index (χ1v) is 5.58. The number of para-hydroxylation sites is 1. The first kappa shape index (κ1) is 13.0. The molecule has 0 aromatic heterocycles. The number of hydrogen-bond acceptors (Lipinski definition) is 2. The SMILES string of the molecule is CN(C(=O)c1ccc(N)c(F)c1)c1ccccc1F. The van der Waals surface area contributed by atoms with Crippen LogP contribution in [0.4, 0.5) is 20.2 Å². The van der Waals surface area contributed by atoms with Gasteiger partial charge in [-0.2, -0.15) is 0 Å². The lowest BCUT2D eigenvalue weighted by atomic mass is 10.1. The number of anilines is 2. The van der Waals surface area contributed by atoms with Crippen LogP contribution < -0.4 is 10.6 Å². The number of benzene rings is 2. The van der Waals surface area contributed by atoms with Crippen LogP contribution in [0.3, 0.4) is 0 Å². The van der Waals surface area contributed by atoms with E-state index in [1.807, 2.05) is 0 Å². The molecule has 19 heavy (non-hydrogen) atoms. The summed E-state index contributed by atoms with van der Waals surface area (Å²) in [5.74, 6) is -1.70. The smallest absolute Gasteiger partial charge is 0.258 e. The summed E-state index contributed by atoms with van der Waals surface area (Å²) < 4.78 is 26.9. The first-order valence-electron chi connectivity index (χ1n) is 5.58. The molecule has 0 aliphatic heterocycles. The van der Waals surface area contributed by atoms with Crippen LogP contribution in [0, 0.1) is 11.6 Å². The lowest BCUT2D eigenvalue weighted by Crippen LogP contribution is -2.27. The summed E-state index contributed by atoms with van der Waals surface area (Å²) in [6, 6.07) is 9.61. The summed E-state index contributed by atoms with van der Waals surface area (Å²) in [6.45, 7) is 0. The van der Waals surface area contributed by atoms with E-state index in [4.69, 9.17) is 5.73 Å². The summed E-state index contributed by atoms with van der Waals surface area (Å²) in [4.78, 5) is 13.2. The Hall–Kier alpha value is -2.43. The summed E-state index contributed by atoms with van der Waals surface area (Å²) in [5.41, 5.74) is 5.54. The van der Waals surface area contributed by atoms with Crippen LogP contribution in [0.25, 0.3) is 0 Å². The van der Waals surface area contributed by atoms with Crippen LogP contribution in [0.1, 0.15) is 10.4 Å². The van der Waals surface area contributed by atoms with Crippen molar-refractivity contribution in [2.24, 2.45) is 0 Å². The Morgan fingerprint density at radius 1 is 1.11 bits per heavy atom. The molecule has 2 aromatic carbocycles. The van der Waals surface area contributed by atoms with Gasteiger partial charge in [0.2, 0.25) is 0 Å². The van der Waals surface area contributed by atoms with E-state index in [1.54, 1.807) is 6.07 Å². The fraction of sp³-hybridized carbons (Fsp3) is 0.0714. The molecule has 0 heterocycles. The van der Waals surface area contributed by atoms with Gasteiger partial charge in [0, 0.05) is 12.6 Å². The Bertz CT molecular complexity index is 629. The van der Waals surface area contributed by atoms with Gasteiger partial charge in [-0.1, -0.05) is 12.1 Å². The summed E-state index contributed by atoms with van der Waals surface area (Å²) >= 11 is 0. The minimum absolute atomic E-state index is 0.0369. The molecule has 98 valence electrons. The number of nitrogen functional groups attached to an aromatic ring is 1. The van der Waals surface area contributed by atoms with E-state index in [1.165, 1.54) is 37.4 Å². The van der Waals surface area contributed by atoms with E-state index < -0.39 is 17.5 Å². The number of carbonyl (C=O) groups excluding carboxylic acids is 1. The molecule has 0 aliphatic rings.